The first-order valence-corrected chi connectivity index (χ1v) is 6.59. The zero-order chi connectivity index (χ0) is 11.3. The van der Waals surface area contributed by atoms with Gasteiger partial charge >= 0.3 is 0 Å². The van der Waals surface area contributed by atoms with Crippen LogP contribution < -0.4 is 0 Å². The van der Waals surface area contributed by atoms with Crippen LogP contribution in [0.5, 0.6) is 0 Å². The van der Waals surface area contributed by atoms with Crippen LogP contribution in [0, 0.1) is 5.92 Å². The van der Waals surface area contributed by atoms with E-state index in [9.17, 15) is 0 Å². The van der Waals surface area contributed by atoms with Crippen molar-refractivity contribution in [2.75, 3.05) is 33.2 Å². The number of hydrogen-bond acceptors (Lipinski definition) is 2. The van der Waals surface area contributed by atoms with E-state index in [1.807, 2.05) is 0 Å². The van der Waals surface area contributed by atoms with Gasteiger partial charge in [-0.15, -0.1) is 0 Å². The van der Waals surface area contributed by atoms with Gasteiger partial charge in [-0.25, -0.2) is 0 Å². The van der Waals surface area contributed by atoms with Crippen molar-refractivity contribution >= 4 is 0 Å². The molecule has 0 aromatic rings. The second kappa shape index (κ2) is 6.49. The van der Waals surface area contributed by atoms with Gasteiger partial charge in [-0.3, -0.25) is 0 Å². The zero-order valence-electron chi connectivity index (χ0n) is 11.0. The molecule has 1 aliphatic rings. The molecule has 2 nitrogen and oxygen atoms in total. The van der Waals surface area contributed by atoms with Gasteiger partial charge in [-0.05, 0) is 52.2 Å². The topological polar surface area (TPSA) is 6.48 Å². The van der Waals surface area contributed by atoms with E-state index in [0.29, 0.717) is 0 Å². The highest BCUT2D eigenvalue weighted by Crippen LogP contribution is 2.18. The molecule has 0 aromatic carbocycles. The third kappa shape index (κ3) is 4.12. The molecule has 2 heteroatoms. The highest BCUT2D eigenvalue weighted by molar-refractivity contribution is 4.75. The van der Waals surface area contributed by atoms with Gasteiger partial charge in [-0.2, -0.15) is 0 Å². The second-order valence-electron chi connectivity index (χ2n) is 5.10. The Morgan fingerprint density at radius 3 is 2.73 bits per heavy atom. The van der Waals surface area contributed by atoms with E-state index in [0.717, 1.165) is 12.0 Å². The van der Waals surface area contributed by atoms with E-state index in [-0.39, 0.29) is 0 Å². The minimum atomic E-state index is 0.738. The number of hydrogen-bond donors (Lipinski definition) is 0. The first kappa shape index (κ1) is 13.0. The minimum absolute atomic E-state index is 0.738. The predicted octanol–water partition coefficient (Wildman–Crippen LogP) is 2.45. The number of rotatable bonds is 5. The molecule has 90 valence electrons. The van der Waals surface area contributed by atoms with Crippen LogP contribution >= 0.6 is 0 Å². The number of nitrogens with zero attached hydrogens (tertiary/aromatic N) is 2. The molecule has 1 rings (SSSR count). The summed E-state index contributed by atoms with van der Waals surface area (Å²) < 4.78 is 0. The summed E-state index contributed by atoms with van der Waals surface area (Å²) in [6, 6.07) is 0.738. The van der Waals surface area contributed by atoms with Gasteiger partial charge in [0, 0.05) is 19.1 Å². The summed E-state index contributed by atoms with van der Waals surface area (Å²) in [6.45, 7) is 12.0. The molecule has 1 fully saturated rings. The Morgan fingerprint density at radius 1 is 1.40 bits per heavy atom. The van der Waals surface area contributed by atoms with Crippen molar-refractivity contribution in [1.29, 1.82) is 0 Å². The fourth-order valence-electron chi connectivity index (χ4n) is 2.49. The molecule has 2 atom stereocenters. The summed E-state index contributed by atoms with van der Waals surface area (Å²) in [4.78, 5) is 5.13. The molecular formula is C13H28N2. The molecule has 0 spiro atoms. The lowest BCUT2D eigenvalue weighted by Crippen LogP contribution is -2.41. The Kier molecular flexibility index (Phi) is 5.62. The molecule has 0 aliphatic carbocycles. The van der Waals surface area contributed by atoms with Gasteiger partial charge in [-0.1, -0.05) is 13.8 Å². The minimum Gasteiger partial charge on any atom is -0.303 e. The number of likely N-dealkylation sites (tertiary alicyclic amines) is 1. The Morgan fingerprint density at radius 2 is 2.13 bits per heavy atom. The molecule has 0 N–H and O–H groups in total. The summed E-state index contributed by atoms with van der Waals surface area (Å²) in [6.07, 6.45) is 4.09. The lowest BCUT2D eigenvalue weighted by molar-refractivity contribution is 0.131. The summed E-state index contributed by atoms with van der Waals surface area (Å²) >= 11 is 0. The van der Waals surface area contributed by atoms with Crippen LogP contribution in [0.2, 0.25) is 0 Å². The summed E-state index contributed by atoms with van der Waals surface area (Å²) in [5, 5.41) is 0. The van der Waals surface area contributed by atoms with Crippen LogP contribution in [-0.2, 0) is 0 Å². The van der Waals surface area contributed by atoms with E-state index in [1.165, 1.54) is 45.4 Å². The van der Waals surface area contributed by atoms with Crippen LogP contribution in [0.1, 0.15) is 40.0 Å². The maximum Gasteiger partial charge on any atom is 0.00613 e. The standard InChI is InChI=1S/C13H28N2/c1-5-12(3)14(4)10-13-8-7-9-15(6-2)11-13/h12-13H,5-11H2,1-4H3. The molecule has 0 saturated carbocycles. The molecule has 1 saturated heterocycles. The van der Waals surface area contributed by atoms with Crippen molar-refractivity contribution in [1.82, 2.24) is 9.80 Å². The molecule has 2 unspecified atom stereocenters. The Labute approximate surface area is 95.6 Å². The molecular weight excluding hydrogens is 184 g/mol. The maximum atomic E-state index is 2.60. The van der Waals surface area contributed by atoms with Crippen LogP contribution in [0.3, 0.4) is 0 Å². The van der Waals surface area contributed by atoms with Crippen molar-refractivity contribution in [3.05, 3.63) is 0 Å². The summed E-state index contributed by atoms with van der Waals surface area (Å²) in [5.74, 6) is 0.901. The lowest BCUT2D eigenvalue weighted by Gasteiger charge is -2.35. The number of piperidine rings is 1. The van der Waals surface area contributed by atoms with Crippen LogP contribution in [-0.4, -0.2) is 49.1 Å². The van der Waals surface area contributed by atoms with Crippen molar-refractivity contribution < 1.29 is 0 Å². The van der Waals surface area contributed by atoms with Crippen molar-refractivity contribution in [2.24, 2.45) is 5.92 Å². The quantitative estimate of drug-likeness (QED) is 0.691. The van der Waals surface area contributed by atoms with Gasteiger partial charge in [0.05, 0.1) is 0 Å². The Bertz CT molecular complexity index is 170. The molecule has 0 radical (unpaired) electrons. The first-order valence-electron chi connectivity index (χ1n) is 6.59. The summed E-state index contributed by atoms with van der Waals surface area (Å²) in [5.41, 5.74) is 0. The van der Waals surface area contributed by atoms with Crippen molar-refractivity contribution in [2.45, 2.75) is 46.1 Å². The average Bonchev–Trinajstić information content (AvgIpc) is 2.28. The van der Waals surface area contributed by atoms with Gasteiger partial charge in [0.1, 0.15) is 0 Å². The van der Waals surface area contributed by atoms with Crippen LogP contribution in [0.4, 0.5) is 0 Å². The molecule has 0 aromatic heterocycles. The maximum absolute atomic E-state index is 2.60. The third-order valence-corrected chi connectivity index (χ3v) is 3.94. The van der Waals surface area contributed by atoms with Crippen LogP contribution in [0.25, 0.3) is 0 Å². The van der Waals surface area contributed by atoms with E-state index >= 15 is 0 Å². The van der Waals surface area contributed by atoms with Gasteiger partial charge in [0.2, 0.25) is 0 Å². The van der Waals surface area contributed by atoms with Gasteiger partial charge in [0.25, 0.3) is 0 Å². The second-order valence-corrected chi connectivity index (χ2v) is 5.10. The monoisotopic (exact) mass is 212 g/mol. The smallest absolute Gasteiger partial charge is 0.00613 e. The Hall–Kier alpha value is -0.0800. The fourth-order valence-corrected chi connectivity index (χ4v) is 2.49. The van der Waals surface area contributed by atoms with Crippen molar-refractivity contribution in [3.63, 3.8) is 0 Å². The molecule has 1 heterocycles. The third-order valence-electron chi connectivity index (χ3n) is 3.94. The highest BCUT2D eigenvalue weighted by Gasteiger charge is 2.20. The van der Waals surface area contributed by atoms with E-state index in [1.54, 1.807) is 0 Å². The van der Waals surface area contributed by atoms with Gasteiger partial charge < -0.3 is 9.80 Å². The normalized spacial score (nSPS) is 25.8. The van der Waals surface area contributed by atoms with Gasteiger partial charge in [0.15, 0.2) is 0 Å². The molecule has 15 heavy (non-hydrogen) atoms. The fraction of sp³-hybridized carbons (Fsp3) is 1.00. The lowest BCUT2D eigenvalue weighted by atomic mass is 9.97. The Balaban J connectivity index is 2.31. The van der Waals surface area contributed by atoms with Crippen LogP contribution in [0.15, 0.2) is 0 Å². The summed E-state index contributed by atoms with van der Waals surface area (Å²) in [7, 11) is 2.28. The zero-order valence-corrected chi connectivity index (χ0v) is 11.0. The largest absolute Gasteiger partial charge is 0.303 e. The average molecular weight is 212 g/mol. The molecule has 1 aliphatic heterocycles. The molecule has 0 amide bonds. The highest BCUT2D eigenvalue weighted by atomic mass is 15.2. The van der Waals surface area contributed by atoms with E-state index in [2.05, 4.69) is 37.6 Å². The SMILES string of the molecule is CCC(C)N(C)CC1CCCN(CC)C1. The first-order chi connectivity index (χ1) is 7.17. The van der Waals surface area contributed by atoms with E-state index in [4.69, 9.17) is 0 Å². The predicted molar refractivity (Wildman–Crippen MR) is 67.2 cm³/mol. The van der Waals surface area contributed by atoms with Crippen molar-refractivity contribution in [3.8, 4) is 0 Å². The van der Waals surface area contributed by atoms with E-state index < -0.39 is 0 Å². The molecule has 0 bridgehead atoms.